The third kappa shape index (κ3) is 5.77. The van der Waals surface area contributed by atoms with Gasteiger partial charge < -0.3 is 25.4 Å². The molecule has 3 N–H and O–H groups in total. The first-order valence-corrected chi connectivity index (χ1v) is 14.0. The van der Waals surface area contributed by atoms with Gasteiger partial charge in [0.2, 0.25) is 5.88 Å². The Morgan fingerprint density at radius 2 is 1.82 bits per heavy atom. The van der Waals surface area contributed by atoms with Crippen LogP contribution in [0.25, 0.3) is 0 Å². The minimum absolute atomic E-state index is 0.175. The minimum Gasteiger partial charge on any atom is -0.463 e. The van der Waals surface area contributed by atoms with Gasteiger partial charge in [-0.3, -0.25) is 0 Å². The lowest BCUT2D eigenvalue weighted by molar-refractivity contribution is 0.0945. The Hall–Kier alpha value is -3.20. The van der Waals surface area contributed by atoms with Gasteiger partial charge in [0.15, 0.2) is 11.5 Å². The molecule has 5 rings (SSSR count). The molecule has 2 aliphatic heterocycles. The summed E-state index contributed by atoms with van der Waals surface area (Å²) in [6, 6.07) is 9.29. The zero-order chi connectivity index (χ0) is 26.7. The first-order chi connectivity index (χ1) is 18.3. The number of fused-ring (bicyclic) bond motifs is 1. The number of likely N-dealkylation sites (tertiary alicyclic amines) is 1. The molecule has 1 aliphatic carbocycles. The van der Waals surface area contributed by atoms with E-state index in [1.54, 1.807) is 0 Å². The van der Waals surface area contributed by atoms with Crippen molar-refractivity contribution in [3.63, 3.8) is 0 Å². The highest BCUT2D eigenvalue weighted by atomic mass is 16.6. The number of amides is 1. The summed E-state index contributed by atoms with van der Waals surface area (Å²) in [7, 11) is 0. The van der Waals surface area contributed by atoms with E-state index in [-0.39, 0.29) is 6.09 Å². The van der Waals surface area contributed by atoms with Crippen LogP contribution in [0.3, 0.4) is 0 Å². The van der Waals surface area contributed by atoms with Gasteiger partial charge in [0, 0.05) is 24.7 Å². The van der Waals surface area contributed by atoms with E-state index in [2.05, 4.69) is 39.6 Å². The van der Waals surface area contributed by atoms with Crippen LogP contribution in [0.15, 0.2) is 35.6 Å². The lowest BCUT2D eigenvalue weighted by Gasteiger charge is -2.34. The molecule has 0 bridgehead atoms. The van der Waals surface area contributed by atoms with Gasteiger partial charge in [-0.05, 0) is 83.2 Å². The smallest absolute Gasteiger partial charge is 0.409 e. The topological polar surface area (TPSA) is 115 Å². The Kier molecular flexibility index (Phi) is 7.83. The average molecular weight is 521 g/mol. The van der Waals surface area contributed by atoms with Crippen LogP contribution < -0.4 is 15.8 Å². The predicted octanol–water partition coefficient (Wildman–Crippen LogP) is 4.83. The highest BCUT2D eigenvalue weighted by Crippen LogP contribution is 2.40. The highest BCUT2D eigenvalue weighted by Gasteiger charge is 2.35. The second-order valence-electron chi connectivity index (χ2n) is 11.2. The van der Waals surface area contributed by atoms with Crippen molar-refractivity contribution >= 4 is 23.3 Å². The quantitative estimate of drug-likeness (QED) is 0.560. The number of benzene rings is 1. The number of nitrogen functional groups attached to an aromatic ring is 1. The monoisotopic (exact) mass is 520 g/mol. The number of ether oxygens (including phenoxy) is 2. The summed E-state index contributed by atoms with van der Waals surface area (Å²) in [6.07, 6.45) is 8.13. The van der Waals surface area contributed by atoms with Gasteiger partial charge >= 0.3 is 6.09 Å². The summed E-state index contributed by atoms with van der Waals surface area (Å²) in [5.41, 5.74) is 9.17. The zero-order valence-corrected chi connectivity index (χ0v) is 22.8. The van der Waals surface area contributed by atoms with Crippen LogP contribution in [-0.2, 0) is 4.74 Å². The Balaban J connectivity index is 1.12. The second-order valence-corrected chi connectivity index (χ2v) is 11.2. The second kappa shape index (κ2) is 11.3. The lowest BCUT2D eigenvalue weighted by atomic mass is 9.78. The number of rotatable bonds is 6. The maximum atomic E-state index is 11.9. The Morgan fingerprint density at radius 1 is 1.11 bits per heavy atom. The van der Waals surface area contributed by atoms with E-state index in [4.69, 9.17) is 20.2 Å². The lowest BCUT2D eigenvalue weighted by Crippen LogP contribution is -2.46. The summed E-state index contributed by atoms with van der Waals surface area (Å²) >= 11 is 0. The van der Waals surface area contributed by atoms with Crippen molar-refractivity contribution in [1.82, 2.24) is 20.2 Å². The molecule has 0 unspecified atom stereocenters. The molecule has 9 heteroatoms. The highest BCUT2D eigenvalue weighted by molar-refractivity contribution is 6.09. The third-order valence-electron chi connectivity index (χ3n) is 8.18. The number of anilines is 1. The van der Waals surface area contributed by atoms with Crippen LogP contribution in [0.1, 0.15) is 76.3 Å². The van der Waals surface area contributed by atoms with Crippen LogP contribution >= 0.6 is 0 Å². The van der Waals surface area contributed by atoms with Crippen LogP contribution in [0.5, 0.6) is 5.88 Å². The fraction of sp³-hybridized carbons (Fsp3) is 0.586. The van der Waals surface area contributed by atoms with E-state index in [1.165, 1.54) is 37.6 Å². The number of nitrogens with one attached hydrogen (secondary N) is 1. The molecule has 2 fully saturated rings. The molecule has 2 aromatic rings. The molecular weight excluding hydrogens is 480 g/mol. The predicted molar refractivity (Wildman–Crippen MR) is 148 cm³/mol. The Morgan fingerprint density at radius 3 is 2.50 bits per heavy atom. The van der Waals surface area contributed by atoms with Gasteiger partial charge in [-0.2, -0.15) is 4.98 Å². The molecule has 0 radical (unpaired) electrons. The number of carbonyl (C=O) groups is 1. The summed E-state index contributed by atoms with van der Waals surface area (Å²) in [5, 5.41) is 3.78. The van der Waals surface area contributed by atoms with E-state index >= 15 is 0 Å². The van der Waals surface area contributed by atoms with E-state index in [0.717, 1.165) is 49.7 Å². The molecule has 1 saturated heterocycles. The number of nitrogens with zero attached hydrogens (tertiary/aromatic N) is 4. The van der Waals surface area contributed by atoms with Crippen molar-refractivity contribution in [2.45, 2.75) is 76.9 Å². The maximum Gasteiger partial charge on any atom is 0.409 e. The average Bonchev–Trinajstić information content (AvgIpc) is 2.92. The molecule has 9 nitrogen and oxygen atoms in total. The van der Waals surface area contributed by atoms with Gasteiger partial charge in [0.1, 0.15) is 11.9 Å². The van der Waals surface area contributed by atoms with E-state index in [9.17, 15) is 4.79 Å². The molecule has 1 aromatic carbocycles. The molecule has 38 heavy (non-hydrogen) atoms. The van der Waals surface area contributed by atoms with Gasteiger partial charge in [-0.25, -0.2) is 14.8 Å². The third-order valence-corrected chi connectivity index (χ3v) is 8.18. The number of carbonyl (C=O) groups excluding carboxylic acids is 1. The van der Waals surface area contributed by atoms with Crippen molar-refractivity contribution in [2.24, 2.45) is 10.9 Å². The number of nitrogens with two attached hydrogens (primary N) is 1. The van der Waals surface area contributed by atoms with Crippen molar-refractivity contribution in [1.29, 1.82) is 0 Å². The molecule has 0 atom stereocenters. The molecule has 3 aliphatic rings. The number of piperidine rings is 1. The van der Waals surface area contributed by atoms with Crippen LogP contribution in [0, 0.1) is 5.92 Å². The molecule has 1 saturated carbocycles. The summed E-state index contributed by atoms with van der Waals surface area (Å²) in [5.74, 6) is 2.07. The van der Waals surface area contributed by atoms with Crippen LogP contribution in [0.2, 0.25) is 0 Å². The largest absolute Gasteiger partial charge is 0.463 e. The zero-order valence-electron chi connectivity index (χ0n) is 22.8. The normalized spacial score (nSPS) is 23.2. The summed E-state index contributed by atoms with van der Waals surface area (Å²) in [4.78, 5) is 26.8. The van der Waals surface area contributed by atoms with Crippen molar-refractivity contribution in [3.8, 4) is 5.88 Å². The number of hydrogen-bond acceptors (Lipinski definition) is 8. The van der Waals surface area contributed by atoms with Gasteiger partial charge in [0.05, 0.1) is 12.3 Å². The molecular formula is C29H40N6O3. The molecule has 204 valence electrons. The first-order valence-electron chi connectivity index (χ1n) is 14.0. The van der Waals surface area contributed by atoms with Gasteiger partial charge in [-0.15, -0.1) is 0 Å². The number of hydrogen-bond donors (Lipinski definition) is 2. The molecule has 3 heterocycles. The standard InChI is InChI=1S/C29H40N6O3/c1-4-37-28(36)35-15-13-23(14-16-35)31-17-19-5-7-20(8-6-19)21-9-11-22(12-10-21)25-29(2,3)38-27-24(34-25)26(30)32-18-33-27/h9-12,18-20,23,31H,4-8,13-17H2,1-3H3,(H2,30,32,33). The number of aromatic nitrogens is 2. The van der Waals surface area contributed by atoms with E-state index < -0.39 is 5.60 Å². The number of aliphatic imine (C=N–C) groups is 1. The van der Waals surface area contributed by atoms with Crippen molar-refractivity contribution in [3.05, 3.63) is 41.7 Å². The maximum absolute atomic E-state index is 11.9. The summed E-state index contributed by atoms with van der Waals surface area (Å²) < 4.78 is 11.3. The van der Waals surface area contributed by atoms with Gasteiger partial charge in [0.25, 0.3) is 0 Å². The Bertz CT molecular complexity index is 1150. The minimum atomic E-state index is -0.615. The fourth-order valence-corrected chi connectivity index (χ4v) is 5.93. The molecule has 1 amide bonds. The summed E-state index contributed by atoms with van der Waals surface area (Å²) in [6.45, 7) is 8.92. The van der Waals surface area contributed by atoms with Crippen LogP contribution in [-0.4, -0.2) is 64.6 Å². The SMILES string of the molecule is CCOC(=O)N1CCC(NCC2CCC(c3ccc(C4=Nc5c(N)ncnc5OC4(C)C)cc3)CC2)CC1. The fourth-order valence-electron chi connectivity index (χ4n) is 5.93. The first kappa shape index (κ1) is 26.4. The molecule has 0 spiro atoms. The van der Waals surface area contributed by atoms with Crippen LogP contribution in [0.4, 0.5) is 16.3 Å². The van der Waals surface area contributed by atoms with Gasteiger partial charge in [-0.1, -0.05) is 24.3 Å². The van der Waals surface area contributed by atoms with E-state index in [1.807, 2.05) is 25.7 Å². The van der Waals surface area contributed by atoms with Crippen molar-refractivity contribution < 1.29 is 14.3 Å². The molecule has 1 aromatic heterocycles. The van der Waals surface area contributed by atoms with E-state index in [0.29, 0.717) is 36.0 Å². The van der Waals surface area contributed by atoms with Crippen molar-refractivity contribution in [2.75, 3.05) is 32.0 Å². The Labute approximate surface area is 225 Å².